The maximum absolute atomic E-state index is 5.81. The fourth-order valence-corrected chi connectivity index (χ4v) is 3.69. The molecular weight excluding hydrogens is 250 g/mol. The third kappa shape index (κ3) is 2.02. The summed E-state index contributed by atoms with van der Waals surface area (Å²) in [7, 11) is 0. The first-order chi connectivity index (χ1) is 9.79. The number of aromatic amines is 1. The first-order valence-corrected chi connectivity index (χ1v) is 7.55. The zero-order valence-corrected chi connectivity index (χ0v) is 11.6. The topological polar surface area (TPSA) is 70.0 Å². The molecule has 106 valence electrons. The Hall–Kier alpha value is -1.75. The number of rotatable bonds is 2. The zero-order valence-electron chi connectivity index (χ0n) is 11.6. The van der Waals surface area contributed by atoms with Crippen molar-refractivity contribution in [2.24, 2.45) is 0 Å². The Bertz CT molecular complexity index is 620. The highest BCUT2D eigenvalue weighted by molar-refractivity contribution is 5.80. The van der Waals surface area contributed by atoms with E-state index in [-0.39, 0.29) is 0 Å². The maximum Gasteiger partial charge on any atom is 0.201 e. The number of nitrogen functional groups attached to an aromatic ring is 1. The van der Waals surface area contributed by atoms with E-state index < -0.39 is 0 Å². The average molecular weight is 271 g/mol. The van der Waals surface area contributed by atoms with Crippen LogP contribution in [0.3, 0.4) is 0 Å². The van der Waals surface area contributed by atoms with Crippen LogP contribution in [0.2, 0.25) is 0 Å². The molecule has 4 rings (SSSR count). The van der Waals surface area contributed by atoms with Gasteiger partial charge in [0, 0.05) is 24.3 Å². The molecule has 2 aliphatic heterocycles. The van der Waals surface area contributed by atoms with Gasteiger partial charge in [-0.3, -0.25) is 4.90 Å². The van der Waals surface area contributed by atoms with Gasteiger partial charge in [0.25, 0.3) is 0 Å². The second-order valence-corrected chi connectivity index (χ2v) is 6.00. The molecule has 2 atom stereocenters. The Labute approximate surface area is 118 Å². The van der Waals surface area contributed by atoms with E-state index in [1.54, 1.807) is 0 Å². The van der Waals surface area contributed by atoms with Crippen LogP contribution in [0.15, 0.2) is 18.2 Å². The highest BCUT2D eigenvalue weighted by Gasteiger charge is 2.35. The predicted octanol–water partition coefficient (Wildman–Crippen LogP) is 2.18. The van der Waals surface area contributed by atoms with E-state index in [0.717, 1.165) is 22.7 Å². The minimum absolute atomic E-state index is 0.521. The first-order valence-electron chi connectivity index (χ1n) is 7.55. The molecule has 0 saturated carbocycles. The molecule has 3 heterocycles. The van der Waals surface area contributed by atoms with Crippen LogP contribution in [0.1, 0.15) is 25.7 Å². The standard InChI is InChI=1S/C15H21N5/c16-10-4-5-11-13(9-10)19-15(17-11)18-12-6-8-20-7-2-1-3-14(12)20/h4-5,9,12,14H,1-3,6-8,16H2,(H2,17,18,19). The molecule has 0 bridgehead atoms. The number of aromatic nitrogens is 2. The molecule has 5 nitrogen and oxygen atoms in total. The quantitative estimate of drug-likeness (QED) is 0.732. The molecule has 2 saturated heterocycles. The fourth-order valence-electron chi connectivity index (χ4n) is 3.69. The van der Waals surface area contributed by atoms with Crippen molar-refractivity contribution in [2.75, 3.05) is 24.1 Å². The number of benzene rings is 1. The van der Waals surface area contributed by atoms with Crippen LogP contribution in [-0.4, -0.2) is 40.0 Å². The predicted molar refractivity (Wildman–Crippen MR) is 81.7 cm³/mol. The second-order valence-electron chi connectivity index (χ2n) is 6.00. The van der Waals surface area contributed by atoms with Crippen molar-refractivity contribution in [3.8, 4) is 0 Å². The normalized spacial score (nSPS) is 26.8. The number of hydrogen-bond donors (Lipinski definition) is 3. The molecule has 2 unspecified atom stereocenters. The number of nitrogens with one attached hydrogen (secondary N) is 2. The minimum Gasteiger partial charge on any atom is -0.399 e. The molecule has 5 heteroatoms. The largest absolute Gasteiger partial charge is 0.399 e. The summed E-state index contributed by atoms with van der Waals surface area (Å²) in [5.41, 5.74) is 8.56. The lowest BCUT2D eigenvalue weighted by atomic mass is 9.99. The van der Waals surface area contributed by atoms with Crippen LogP contribution in [0.4, 0.5) is 11.6 Å². The van der Waals surface area contributed by atoms with Gasteiger partial charge >= 0.3 is 0 Å². The number of anilines is 2. The van der Waals surface area contributed by atoms with Crippen LogP contribution in [0.5, 0.6) is 0 Å². The van der Waals surface area contributed by atoms with E-state index in [2.05, 4.69) is 20.2 Å². The molecule has 1 aromatic carbocycles. The number of hydrogen-bond acceptors (Lipinski definition) is 4. The van der Waals surface area contributed by atoms with Crippen molar-refractivity contribution < 1.29 is 0 Å². The Morgan fingerprint density at radius 1 is 1.25 bits per heavy atom. The third-order valence-corrected chi connectivity index (χ3v) is 4.68. The summed E-state index contributed by atoms with van der Waals surface area (Å²) in [4.78, 5) is 10.6. The average Bonchev–Trinajstić information content (AvgIpc) is 3.03. The van der Waals surface area contributed by atoms with E-state index >= 15 is 0 Å². The summed E-state index contributed by atoms with van der Waals surface area (Å²) in [6.07, 6.45) is 5.23. The highest BCUT2D eigenvalue weighted by atomic mass is 15.3. The van der Waals surface area contributed by atoms with Crippen LogP contribution >= 0.6 is 0 Å². The van der Waals surface area contributed by atoms with Gasteiger partial charge in [-0.1, -0.05) is 6.42 Å². The molecule has 4 N–H and O–H groups in total. The van der Waals surface area contributed by atoms with E-state index in [1.807, 2.05) is 18.2 Å². The van der Waals surface area contributed by atoms with Gasteiger partial charge in [-0.15, -0.1) is 0 Å². The third-order valence-electron chi connectivity index (χ3n) is 4.68. The monoisotopic (exact) mass is 271 g/mol. The number of imidazole rings is 1. The number of nitrogens with zero attached hydrogens (tertiary/aromatic N) is 2. The van der Waals surface area contributed by atoms with Crippen molar-refractivity contribution in [3.05, 3.63) is 18.2 Å². The lowest BCUT2D eigenvalue weighted by Crippen LogP contribution is -2.41. The van der Waals surface area contributed by atoms with Gasteiger partial charge in [0.2, 0.25) is 5.95 Å². The summed E-state index contributed by atoms with van der Waals surface area (Å²) < 4.78 is 0. The molecule has 0 spiro atoms. The van der Waals surface area contributed by atoms with Gasteiger partial charge in [-0.2, -0.15) is 0 Å². The van der Waals surface area contributed by atoms with Crippen molar-refractivity contribution in [1.82, 2.24) is 14.9 Å². The van der Waals surface area contributed by atoms with Crippen molar-refractivity contribution in [3.63, 3.8) is 0 Å². The lowest BCUT2D eigenvalue weighted by Gasteiger charge is -2.32. The molecule has 2 aromatic rings. The molecule has 2 aliphatic rings. The summed E-state index contributed by atoms with van der Waals surface area (Å²) in [6, 6.07) is 7.00. The van der Waals surface area contributed by atoms with Gasteiger partial charge < -0.3 is 16.0 Å². The zero-order chi connectivity index (χ0) is 13.5. The van der Waals surface area contributed by atoms with Crippen LogP contribution in [-0.2, 0) is 0 Å². The van der Waals surface area contributed by atoms with Crippen molar-refractivity contribution >= 4 is 22.7 Å². The van der Waals surface area contributed by atoms with Gasteiger partial charge in [0.05, 0.1) is 11.0 Å². The summed E-state index contributed by atoms with van der Waals surface area (Å²) in [5.74, 6) is 0.878. The summed E-state index contributed by atoms with van der Waals surface area (Å²) in [6.45, 7) is 2.48. The molecule has 0 amide bonds. The SMILES string of the molecule is Nc1ccc2nc(NC3CCN4CCCCC34)[nH]c2c1. The van der Waals surface area contributed by atoms with E-state index in [4.69, 9.17) is 5.73 Å². The van der Waals surface area contributed by atoms with Crippen LogP contribution in [0.25, 0.3) is 11.0 Å². The number of piperidine rings is 1. The molecule has 1 aromatic heterocycles. The molecular formula is C15H21N5. The van der Waals surface area contributed by atoms with Crippen LogP contribution in [0, 0.1) is 0 Å². The van der Waals surface area contributed by atoms with Crippen molar-refractivity contribution in [1.29, 1.82) is 0 Å². The Balaban J connectivity index is 1.55. The minimum atomic E-state index is 0.521. The molecule has 20 heavy (non-hydrogen) atoms. The lowest BCUT2D eigenvalue weighted by molar-refractivity contribution is 0.192. The van der Waals surface area contributed by atoms with E-state index in [1.165, 1.54) is 38.8 Å². The Morgan fingerprint density at radius 3 is 3.15 bits per heavy atom. The highest BCUT2D eigenvalue weighted by Crippen LogP contribution is 2.29. The summed E-state index contributed by atoms with van der Waals surface area (Å²) in [5, 5.41) is 3.60. The molecule has 0 radical (unpaired) electrons. The van der Waals surface area contributed by atoms with Crippen molar-refractivity contribution in [2.45, 2.75) is 37.8 Å². The smallest absolute Gasteiger partial charge is 0.201 e. The maximum atomic E-state index is 5.81. The Morgan fingerprint density at radius 2 is 2.20 bits per heavy atom. The van der Waals surface area contributed by atoms with Crippen LogP contribution < -0.4 is 11.1 Å². The number of H-pyrrole nitrogens is 1. The Kier molecular flexibility index (Phi) is 2.80. The van der Waals surface area contributed by atoms with Gasteiger partial charge in [-0.25, -0.2) is 4.98 Å². The molecule has 0 aliphatic carbocycles. The second kappa shape index (κ2) is 4.66. The first kappa shape index (κ1) is 12.0. The van der Waals surface area contributed by atoms with E-state index in [0.29, 0.717) is 12.1 Å². The molecule has 2 fully saturated rings. The van der Waals surface area contributed by atoms with E-state index in [9.17, 15) is 0 Å². The number of nitrogens with two attached hydrogens (primary N) is 1. The van der Waals surface area contributed by atoms with Gasteiger partial charge in [0.15, 0.2) is 0 Å². The fraction of sp³-hybridized carbons (Fsp3) is 0.533. The summed E-state index contributed by atoms with van der Waals surface area (Å²) >= 11 is 0. The number of fused-ring (bicyclic) bond motifs is 2. The van der Waals surface area contributed by atoms with Gasteiger partial charge in [0.1, 0.15) is 0 Å². The van der Waals surface area contributed by atoms with Gasteiger partial charge in [-0.05, 0) is 44.0 Å².